The molecule has 0 aromatic carbocycles. The van der Waals surface area contributed by atoms with Gasteiger partial charge < -0.3 is 14.7 Å². The molecule has 0 spiro atoms. The van der Waals surface area contributed by atoms with E-state index in [1.54, 1.807) is 6.26 Å². The van der Waals surface area contributed by atoms with Crippen LogP contribution >= 0.6 is 12.2 Å². The van der Waals surface area contributed by atoms with Gasteiger partial charge in [-0.25, -0.2) is 4.98 Å². The highest BCUT2D eigenvalue weighted by molar-refractivity contribution is 7.71. The molecular weight excluding hydrogens is 270 g/mol. The zero-order valence-electron chi connectivity index (χ0n) is 11.4. The first-order valence-electron chi connectivity index (χ1n) is 7.19. The van der Waals surface area contributed by atoms with Crippen molar-refractivity contribution in [1.82, 2.24) is 9.97 Å². The van der Waals surface area contributed by atoms with Gasteiger partial charge in [-0.1, -0.05) is 31.5 Å². The van der Waals surface area contributed by atoms with Crippen molar-refractivity contribution in [2.75, 3.05) is 5.32 Å². The summed E-state index contributed by atoms with van der Waals surface area (Å²) in [5.41, 5.74) is 0. The summed E-state index contributed by atoms with van der Waals surface area (Å²) >= 11 is 5.28. The number of anilines is 1. The predicted octanol–water partition coefficient (Wildman–Crippen LogP) is 4.39. The highest BCUT2D eigenvalue weighted by Crippen LogP contribution is 2.30. The van der Waals surface area contributed by atoms with Crippen molar-refractivity contribution in [2.45, 2.75) is 44.6 Å². The number of nitrogens with one attached hydrogen (secondary N) is 2. The third kappa shape index (κ3) is 3.28. The average molecular weight is 289 g/mol. The fourth-order valence-corrected chi connectivity index (χ4v) is 2.95. The van der Waals surface area contributed by atoms with Crippen LogP contribution in [0.1, 0.15) is 49.6 Å². The van der Waals surface area contributed by atoms with Gasteiger partial charge in [0.2, 0.25) is 0 Å². The Balaban J connectivity index is 1.74. The Morgan fingerprint density at radius 3 is 2.95 bits per heavy atom. The lowest BCUT2D eigenvalue weighted by Gasteiger charge is -2.21. The molecule has 2 heterocycles. The fourth-order valence-electron chi connectivity index (χ4n) is 2.74. The monoisotopic (exact) mass is 289 g/mol. The predicted molar refractivity (Wildman–Crippen MR) is 81.3 cm³/mol. The zero-order valence-corrected chi connectivity index (χ0v) is 12.2. The van der Waals surface area contributed by atoms with Crippen molar-refractivity contribution in [3.63, 3.8) is 0 Å². The quantitative estimate of drug-likeness (QED) is 0.819. The number of aromatic amines is 1. The van der Waals surface area contributed by atoms with Gasteiger partial charge in [0.05, 0.1) is 12.8 Å². The van der Waals surface area contributed by atoms with Gasteiger partial charge in [-0.2, -0.15) is 0 Å². The van der Waals surface area contributed by atoms with E-state index in [1.807, 2.05) is 18.2 Å². The minimum atomic E-state index is 0.524. The molecule has 5 heteroatoms. The summed E-state index contributed by atoms with van der Waals surface area (Å²) in [6.07, 6.45) is 8.01. The van der Waals surface area contributed by atoms with Crippen molar-refractivity contribution < 1.29 is 4.42 Å². The molecule has 106 valence electrons. The molecule has 20 heavy (non-hydrogen) atoms. The van der Waals surface area contributed by atoms with Crippen molar-refractivity contribution in [3.8, 4) is 0 Å². The normalized spacial score (nSPS) is 16.2. The van der Waals surface area contributed by atoms with E-state index in [-0.39, 0.29) is 0 Å². The van der Waals surface area contributed by atoms with Crippen LogP contribution in [0.4, 0.5) is 5.82 Å². The summed E-state index contributed by atoms with van der Waals surface area (Å²) in [6, 6.07) is 5.70. The summed E-state index contributed by atoms with van der Waals surface area (Å²) < 4.78 is 5.96. The molecule has 1 fully saturated rings. The van der Waals surface area contributed by atoms with Crippen LogP contribution in [0.15, 0.2) is 28.9 Å². The van der Waals surface area contributed by atoms with Crippen molar-refractivity contribution >= 4 is 18.0 Å². The zero-order chi connectivity index (χ0) is 13.8. The number of nitrogens with zero attached hydrogens (tertiary/aromatic N) is 1. The third-order valence-corrected chi connectivity index (χ3v) is 4.00. The van der Waals surface area contributed by atoms with Crippen molar-refractivity contribution in [1.29, 1.82) is 0 Å². The van der Waals surface area contributed by atoms with Gasteiger partial charge in [-0.15, -0.1) is 0 Å². The molecule has 0 aliphatic heterocycles. The van der Waals surface area contributed by atoms with E-state index in [9.17, 15) is 0 Å². The maximum absolute atomic E-state index is 5.31. The minimum absolute atomic E-state index is 0.524. The lowest BCUT2D eigenvalue weighted by molar-refractivity contribution is 0.428. The second-order valence-corrected chi connectivity index (χ2v) is 5.70. The maximum atomic E-state index is 5.31. The van der Waals surface area contributed by atoms with Gasteiger partial charge >= 0.3 is 0 Å². The van der Waals surface area contributed by atoms with E-state index in [1.165, 1.54) is 32.1 Å². The van der Waals surface area contributed by atoms with E-state index >= 15 is 0 Å². The maximum Gasteiger partial charge on any atom is 0.131 e. The second kappa shape index (κ2) is 6.22. The van der Waals surface area contributed by atoms with E-state index < -0.39 is 0 Å². The minimum Gasteiger partial charge on any atom is -0.467 e. The molecule has 2 aromatic heterocycles. The molecule has 0 bridgehead atoms. The van der Waals surface area contributed by atoms with Crippen LogP contribution in [-0.4, -0.2) is 9.97 Å². The smallest absolute Gasteiger partial charge is 0.131 e. The average Bonchev–Trinajstić information content (AvgIpc) is 2.99. The van der Waals surface area contributed by atoms with E-state index in [0.717, 1.165) is 17.4 Å². The molecule has 0 amide bonds. The van der Waals surface area contributed by atoms with E-state index in [0.29, 0.717) is 17.1 Å². The first-order chi connectivity index (χ1) is 9.81. The topological polar surface area (TPSA) is 53.9 Å². The van der Waals surface area contributed by atoms with Gasteiger partial charge in [0, 0.05) is 12.0 Å². The Kier molecular flexibility index (Phi) is 4.16. The second-order valence-electron chi connectivity index (χ2n) is 5.29. The van der Waals surface area contributed by atoms with E-state index in [4.69, 9.17) is 16.6 Å². The van der Waals surface area contributed by atoms with Crippen LogP contribution in [0.3, 0.4) is 0 Å². The molecule has 2 N–H and O–H groups in total. The summed E-state index contributed by atoms with van der Waals surface area (Å²) in [5.74, 6) is 3.37. The highest BCUT2D eigenvalue weighted by Gasteiger charge is 2.17. The first-order valence-corrected chi connectivity index (χ1v) is 7.59. The van der Waals surface area contributed by atoms with Gasteiger partial charge in [0.15, 0.2) is 0 Å². The molecule has 3 rings (SSSR count). The SMILES string of the molecule is S=c1cc(NCc2ccco2)[nH]c(C2CCCCC2)n1. The Hall–Kier alpha value is -1.62. The Morgan fingerprint density at radius 1 is 1.35 bits per heavy atom. The lowest BCUT2D eigenvalue weighted by atomic mass is 9.89. The van der Waals surface area contributed by atoms with E-state index in [2.05, 4.69) is 15.3 Å². The van der Waals surface area contributed by atoms with Crippen molar-refractivity contribution in [3.05, 3.63) is 40.7 Å². The van der Waals surface area contributed by atoms with Crippen molar-refractivity contribution in [2.24, 2.45) is 0 Å². The summed E-state index contributed by atoms with van der Waals surface area (Å²) in [7, 11) is 0. The molecular formula is C15H19N3OS. The molecule has 1 saturated carbocycles. The van der Waals surface area contributed by atoms with Crippen LogP contribution in [0.25, 0.3) is 0 Å². The Morgan fingerprint density at radius 2 is 2.20 bits per heavy atom. The highest BCUT2D eigenvalue weighted by atomic mass is 32.1. The molecule has 2 aromatic rings. The number of hydrogen-bond acceptors (Lipinski definition) is 4. The van der Waals surface area contributed by atoms with Gasteiger partial charge in [0.1, 0.15) is 22.0 Å². The van der Waals surface area contributed by atoms with Gasteiger partial charge in [-0.3, -0.25) is 0 Å². The Bertz CT molecular complexity index is 600. The molecule has 0 unspecified atom stereocenters. The van der Waals surface area contributed by atoms with Crippen LogP contribution in [0, 0.1) is 4.64 Å². The fraction of sp³-hybridized carbons (Fsp3) is 0.467. The number of aromatic nitrogens is 2. The number of H-pyrrole nitrogens is 1. The number of rotatable bonds is 4. The number of furan rings is 1. The third-order valence-electron chi connectivity index (χ3n) is 3.79. The molecule has 4 nitrogen and oxygen atoms in total. The van der Waals surface area contributed by atoms with Crippen LogP contribution in [0.5, 0.6) is 0 Å². The van der Waals surface area contributed by atoms with Crippen LogP contribution in [0.2, 0.25) is 0 Å². The summed E-state index contributed by atoms with van der Waals surface area (Å²) in [4.78, 5) is 7.89. The molecule has 0 saturated heterocycles. The Labute approximate surface area is 123 Å². The number of hydrogen-bond donors (Lipinski definition) is 2. The van der Waals surface area contributed by atoms with Gasteiger partial charge in [-0.05, 0) is 25.0 Å². The molecule has 1 aliphatic rings. The largest absolute Gasteiger partial charge is 0.467 e. The summed E-state index contributed by atoms with van der Waals surface area (Å²) in [5, 5.41) is 3.31. The molecule has 1 aliphatic carbocycles. The standard InChI is InChI=1S/C15H19N3OS/c20-14-9-13(16-10-12-7-4-8-19-12)17-15(18-14)11-5-2-1-3-6-11/h4,7-9,11H,1-3,5-6,10H2,(H2,16,17,18,20). The first kappa shape index (κ1) is 13.4. The summed E-state index contributed by atoms with van der Waals surface area (Å²) in [6.45, 7) is 0.645. The lowest BCUT2D eigenvalue weighted by Crippen LogP contribution is -2.11. The van der Waals surface area contributed by atoms with Crippen LogP contribution < -0.4 is 5.32 Å². The molecule has 0 atom stereocenters. The van der Waals surface area contributed by atoms with Crippen LogP contribution in [-0.2, 0) is 6.54 Å². The van der Waals surface area contributed by atoms with Gasteiger partial charge in [0.25, 0.3) is 0 Å². The molecule has 0 radical (unpaired) electrons.